The van der Waals surface area contributed by atoms with Crippen molar-refractivity contribution in [3.63, 3.8) is 0 Å². The zero-order valence-corrected chi connectivity index (χ0v) is 20.2. The van der Waals surface area contributed by atoms with Gasteiger partial charge in [-0.1, -0.05) is 25.3 Å². The van der Waals surface area contributed by atoms with E-state index in [0.29, 0.717) is 23.5 Å². The molecule has 2 aliphatic rings. The highest BCUT2D eigenvalue weighted by atomic mass is 19.4. The van der Waals surface area contributed by atoms with Crippen molar-refractivity contribution in [2.45, 2.75) is 63.7 Å². The molecule has 2 aromatic heterocycles. The second-order valence-corrected chi connectivity index (χ2v) is 9.67. The van der Waals surface area contributed by atoms with E-state index in [0.717, 1.165) is 55.9 Å². The molecule has 1 saturated carbocycles. The molecule has 5 rings (SSSR count). The summed E-state index contributed by atoms with van der Waals surface area (Å²) < 4.78 is 38.7. The number of halogens is 3. The molecule has 1 saturated heterocycles. The smallest absolute Gasteiger partial charge is 0.367 e. The number of benzene rings is 1. The first-order valence-electron chi connectivity index (χ1n) is 12.7. The van der Waals surface area contributed by atoms with Crippen LogP contribution in [0.1, 0.15) is 56.1 Å². The van der Waals surface area contributed by atoms with Crippen molar-refractivity contribution in [3.05, 3.63) is 59.9 Å². The van der Waals surface area contributed by atoms with Crippen LogP contribution in [0.5, 0.6) is 0 Å². The topological polar surface area (TPSA) is 66.0 Å². The maximum Gasteiger partial charge on any atom is 0.416 e. The number of rotatable bonds is 7. The Hall–Kier alpha value is -3.20. The Morgan fingerprint density at radius 1 is 0.861 bits per heavy atom. The second kappa shape index (κ2) is 10.8. The third-order valence-electron chi connectivity index (χ3n) is 6.91. The Balaban J connectivity index is 1.37. The molecule has 1 aromatic carbocycles. The van der Waals surface area contributed by atoms with Crippen LogP contribution < -0.4 is 10.6 Å². The van der Waals surface area contributed by atoms with Gasteiger partial charge in [-0.3, -0.25) is 9.88 Å². The highest BCUT2D eigenvalue weighted by molar-refractivity contribution is 5.73. The number of pyridine rings is 1. The minimum absolute atomic E-state index is 0.320. The van der Waals surface area contributed by atoms with E-state index in [1.54, 1.807) is 6.20 Å². The van der Waals surface area contributed by atoms with E-state index in [4.69, 9.17) is 9.97 Å². The fourth-order valence-electron chi connectivity index (χ4n) is 4.93. The van der Waals surface area contributed by atoms with Crippen LogP contribution in [0, 0.1) is 0 Å². The maximum atomic E-state index is 12.9. The van der Waals surface area contributed by atoms with Gasteiger partial charge in [-0.2, -0.15) is 18.2 Å². The number of nitrogens with one attached hydrogen (secondary N) is 2. The Kier molecular flexibility index (Phi) is 7.36. The molecule has 0 radical (unpaired) electrons. The predicted octanol–water partition coefficient (Wildman–Crippen LogP) is 6.64. The van der Waals surface area contributed by atoms with Gasteiger partial charge >= 0.3 is 6.18 Å². The summed E-state index contributed by atoms with van der Waals surface area (Å²) in [6, 6.07) is 9.31. The van der Waals surface area contributed by atoms with Crippen LogP contribution >= 0.6 is 0 Å². The molecule has 2 fully saturated rings. The van der Waals surface area contributed by atoms with Crippen LogP contribution in [-0.2, 0) is 12.7 Å². The number of likely N-dealkylation sites (tertiary alicyclic amines) is 1. The van der Waals surface area contributed by atoms with E-state index in [9.17, 15) is 13.2 Å². The number of hydrogen-bond acceptors (Lipinski definition) is 6. The van der Waals surface area contributed by atoms with Crippen LogP contribution in [0.4, 0.5) is 30.6 Å². The number of anilines is 3. The highest BCUT2D eigenvalue weighted by Crippen LogP contribution is 2.32. The summed E-state index contributed by atoms with van der Waals surface area (Å²) in [5.74, 6) is 1.01. The van der Waals surface area contributed by atoms with Gasteiger partial charge in [0.25, 0.3) is 0 Å². The quantitative estimate of drug-likeness (QED) is 0.382. The molecule has 0 bridgehead atoms. The van der Waals surface area contributed by atoms with E-state index in [1.807, 2.05) is 12.3 Å². The number of alkyl halides is 3. The van der Waals surface area contributed by atoms with Crippen LogP contribution in [0.25, 0.3) is 11.3 Å². The largest absolute Gasteiger partial charge is 0.416 e. The molecule has 0 atom stereocenters. The molecular formula is C27H31F3N6. The summed E-state index contributed by atoms with van der Waals surface area (Å²) in [5, 5.41) is 6.62. The molecule has 0 amide bonds. The van der Waals surface area contributed by atoms with E-state index in [-0.39, 0.29) is 0 Å². The molecule has 9 heteroatoms. The third-order valence-corrected chi connectivity index (χ3v) is 6.91. The molecular weight excluding hydrogens is 465 g/mol. The first kappa shape index (κ1) is 24.5. The predicted molar refractivity (Wildman–Crippen MR) is 135 cm³/mol. The lowest BCUT2D eigenvalue weighted by atomic mass is 9.95. The fraction of sp³-hybridized carbons (Fsp3) is 0.444. The molecule has 0 unspecified atom stereocenters. The standard InChI is InChI=1S/C27H31F3N6/c28-27(29,30)20-9-11-22(12-10-20)34-26-32-17-23(25(35-26)33-21-6-2-1-3-7-21)24-13-8-19(16-31-24)18-36-14-4-5-15-36/h8-13,16-17,21H,1-7,14-15,18H2,(H2,32,33,34,35). The van der Waals surface area contributed by atoms with Gasteiger partial charge in [-0.25, -0.2) is 4.98 Å². The first-order chi connectivity index (χ1) is 17.4. The summed E-state index contributed by atoms with van der Waals surface area (Å²) in [7, 11) is 0. The van der Waals surface area contributed by atoms with E-state index >= 15 is 0 Å². The Labute approximate surface area is 209 Å². The first-order valence-corrected chi connectivity index (χ1v) is 12.7. The Morgan fingerprint density at radius 2 is 1.61 bits per heavy atom. The van der Waals surface area contributed by atoms with Crippen LogP contribution in [0.3, 0.4) is 0 Å². The maximum absolute atomic E-state index is 12.9. The molecule has 2 N–H and O–H groups in total. The van der Waals surface area contributed by atoms with Gasteiger partial charge in [0.1, 0.15) is 5.82 Å². The second-order valence-electron chi connectivity index (χ2n) is 9.67. The number of aromatic nitrogens is 3. The fourth-order valence-corrected chi connectivity index (χ4v) is 4.93. The van der Waals surface area contributed by atoms with Crippen molar-refractivity contribution in [1.82, 2.24) is 19.9 Å². The van der Waals surface area contributed by atoms with Crippen molar-refractivity contribution in [1.29, 1.82) is 0 Å². The number of nitrogens with zero attached hydrogens (tertiary/aromatic N) is 4. The SMILES string of the molecule is FC(F)(F)c1ccc(Nc2ncc(-c3ccc(CN4CCCC4)cn3)c(NC3CCCCC3)n2)cc1. The van der Waals surface area contributed by atoms with E-state index in [2.05, 4.69) is 26.6 Å². The van der Waals surface area contributed by atoms with Gasteiger partial charge < -0.3 is 10.6 Å². The zero-order chi connectivity index (χ0) is 25.0. The van der Waals surface area contributed by atoms with Crippen LogP contribution in [0.2, 0.25) is 0 Å². The van der Waals surface area contributed by atoms with Gasteiger partial charge in [-0.05, 0) is 74.7 Å². The van der Waals surface area contributed by atoms with Crippen molar-refractivity contribution in [2.24, 2.45) is 0 Å². The monoisotopic (exact) mass is 496 g/mol. The highest BCUT2D eigenvalue weighted by Gasteiger charge is 2.30. The Morgan fingerprint density at radius 3 is 2.28 bits per heavy atom. The van der Waals surface area contributed by atoms with Gasteiger partial charge in [0.05, 0.1) is 16.8 Å². The van der Waals surface area contributed by atoms with Crippen molar-refractivity contribution < 1.29 is 13.2 Å². The van der Waals surface area contributed by atoms with Crippen molar-refractivity contribution >= 4 is 17.5 Å². The molecule has 190 valence electrons. The average Bonchev–Trinajstić information content (AvgIpc) is 3.38. The van der Waals surface area contributed by atoms with Crippen LogP contribution in [-0.4, -0.2) is 39.0 Å². The molecule has 1 aliphatic heterocycles. The zero-order valence-electron chi connectivity index (χ0n) is 20.2. The van der Waals surface area contributed by atoms with E-state index < -0.39 is 11.7 Å². The lowest BCUT2D eigenvalue weighted by molar-refractivity contribution is -0.137. The minimum Gasteiger partial charge on any atom is -0.367 e. The summed E-state index contributed by atoms with van der Waals surface area (Å²) in [6.07, 6.45) is 7.55. The van der Waals surface area contributed by atoms with Crippen molar-refractivity contribution in [2.75, 3.05) is 23.7 Å². The number of hydrogen-bond donors (Lipinski definition) is 2. The van der Waals surface area contributed by atoms with Gasteiger partial charge in [-0.15, -0.1) is 0 Å². The van der Waals surface area contributed by atoms with E-state index in [1.165, 1.54) is 49.8 Å². The Bertz CT molecular complexity index is 1140. The normalized spacial score (nSPS) is 17.3. The lowest BCUT2D eigenvalue weighted by Crippen LogP contribution is -2.23. The molecule has 1 aliphatic carbocycles. The molecule has 3 heterocycles. The summed E-state index contributed by atoms with van der Waals surface area (Å²) in [5.41, 5.74) is 2.58. The van der Waals surface area contributed by atoms with Gasteiger partial charge in [0.2, 0.25) is 5.95 Å². The molecule has 3 aromatic rings. The molecule has 36 heavy (non-hydrogen) atoms. The lowest BCUT2D eigenvalue weighted by Gasteiger charge is -2.24. The summed E-state index contributed by atoms with van der Waals surface area (Å²) in [6.45, 7) is 3.18. The van der Waals surface area contributed by atoms with Gasteiger partial charge in [0, 0.05) is 30.7 Å². The molecule has 0 spiro atoms. The van der Waals surface area contributed by atoms with Crippen LogP contribution in [0.15, 0.2) is 48.8 Å². The summed E-state index contributed by atoms with van der Waals surface area (Å²) in [4.78, 5) is 16.3. The third kappa shape index (κ3) is 6.13. The minimum atomic E-state index is -4.37. The summed E-state index contributed by atoms with van der Waals surface area (Å²) >= 11 is 0. The van der Waals surface area contributed by atoms with Crippen molar-refractivity contribution in [3.8, 4) is 11.3 Å². The van der Waals surface area contributed by atoms with Gasteiger partial charge in [0.15, 0.2) is 0 Å². The molecule has 6 nitrogen and oxygen atoms in total. The average molecular weight is 497 g/mol.